The second-order valence-corrected chi connectivity index (χ2v) is 14.1. The number of aliphatic hydroxyl groups is 4. The minimum absolute atomic E-state index is 0.0446. The molecule has 0 aromatic carbocycles. The van der Waals surface area contributed by atoms with Crippen LogP contribution in [0.2, 0.25) is 0 Å². The standard InChI is InChI=1S/C27H44O10S/c1-13(28)17-5-6-18-16-12-21(36-25-24(31)23(30)22(29)14(2)35-25)20-11-15(37-38(32,33)34)7-9-27(20,4)19(16)8-10-26(17,18)3/h8,13-18,20-25,28-31H,5-7,9-12H2,1-4H3,(H,32,33,34)/t13-,14-,15+,16?,17-,18?,20?,21+,22-,23+,24-,25+,26-,27-/m1/s1. The summed E-state index contributed by atoms with van der Waals surface area (Å²) >= 11 is 0. The zero-order valence-corrected chi connectivity index (χ0v) is 23.5. The normalized spacial score (nSPS) is 51.9. The van der Waals surface area contributed by atoms with Crippen LogP contribution in [0.25, 0.3) is 0 Å². The van der Waals surface area contributed by atoms with E-state index in [4.69, 9.17) is 13.7 Å². The average molecular weight is 561 g/mol. The quantitative estimate of drug-likeness (QED) is 0.248. The second-order valence-electron chi connectivity index (χ2n) is 13.0. The van der Waals surface area contributed by atoms with Crippen molar-refractivity contribution in [1.29, 1.82) is 0 Å². The summed E-state index contributed by atoms with van der Waals surface area (Å²) in [5.41, 5.74) is 0.993. The van der Waals surface area contributed by atoms with Gasteiger partial charge in [-0.1, -0.05) is 25.5 Å². The van der Waals surface area contributed by atoms with E-state index in [1.807, 2.05) is 6.92 Å². The first-order chi connectivity index (χ1) is 17.7. The minimum atomic E-state index is -4.62. The molecule has 0 spiro atoms. The molecule has 10 nitrogen and oxygen atoms in total. The molecule has 218 valence electrons. The molecule has 0 aromatic heterocycles. The van der Waals surface area contributed by atoms with E-state index in [-0.39, 0.29) is 28.6 Å². The van der Waals surface area contributed by atoms with Crippen LogP contribution in [0.5, 0.6) is 0 Å². The lowest BCUT2D eigenvalue weighted by atomic mass is 9.48. The molecule has 5 N–H and O–H groups in total. The third-order valence-electron chi connectivity index (χ3n) is 11.0. The zero-order valence-electron chi connectivity index (χ0n) is 22.6. The third-order valence-corrected chi connectivity index (χ3v) is 11.5. The van der Waals surface area contributed by atoms with Gasteiger partial charge >= 0.3 is 10.4 Å². The first-order valence-electron chi connectivity index (χ1n) is 14.0. The second kappa shape index (κ2) is 10.0. The fourth-order valence-electron chi connectivity index (χ4n) is 9.05. The van der Waals surface area contributed by atoms with Crippen LogP contribution in [0, 0.1) is 34.5 Å². The first-order valence-corrected chi connectivity index (χ1v) is 15.4. The van der Waals surface area contributed by atoms with Crippen LogP contribution in [-0.2, 0) is 24.1 Å². The van der Waals surface area contributed by atoms with Crippen molar-refractivity contribution in [3.63, 3.8) is 0 Å². The molecule has 4 fully saturated rings. The number of allylic oxidation sites excluding steroid dienone is 2. The zero-order chi connectivity index (χ0) is 27.8. The Balaban J connectivity index is 1.48. The Kier molecular flexibility index (Phi) is 7.62. The predicted molar refractivity (Wildman–Crippen MR) is 136 cm³/mol. The van der Waals surface area contributed by atoms with Crippen molar-refractivity contribution in [2.45, 2.75) is 122 Å². The van der Waals surface area contributed by atoms with Gasteiger partial charge in [-0.15, -0.1) is 0 Å². The number of ether oxygens (including phenoxy) is 2. The summed E-state index contributed by atoms with van der Waals surface area (Å²) in [6, 6.07) is 0. The Labute approximate surface area is 225 Å². The summed E-state index contributed by atoms with van der Waals surface area (Å²) < 4.78 is 49.7. The van der Waals surface area contributed by atoms with Crippen molar-refractivity contribution >= 4 is 10.4 Å². The number of fused-ring (bicyclic) bond motifs is 5. The lowest BCUT2D eigenvalue weighted by Crippen LogP contribution is -2.60. The summed E-state index contributed by atoms with van der Waals surface area (Å²) in [6.45, 7) is 7.96. The summed E-state index contributed by atoms with van der Waals surface area (Å²) in [6.07, 6.45) is -0.291. The Hall–Kier alpha value is -0.630. The Morgan fingerprint density at radius 3 is 2.42 bits per heavy atom. The topological polar surface area (TPSA) is 163 Å². The molecule has 0 aromatic rings. The van der Waals surface area contributed by atoms with Crippen LogP contribution < -0.4 is 0 Å². The number of rotatable bonds is 5. The highest BCUT2D eigenvalue weighted by Crippen LogP contribution is 2.66. The van der Waals surface area contributed by atoms with Gasteiger partial charge in [0.15, 0.2) is 6.29 Å². The van der Waals surface area contributed by atoms with E-state index in [1.54, 1.807) is 6.92 Å². The molecule has 1 heterocycles. The van der Waals surface area contributed by atoms with Gasteiger partial charge in [0.1, 0.15) is 18.3 Å². The number of aliphatic hydroxyl groups excluding tert-OH is 4. The average Bonchev–Trinajstić information content (AvgIpc) is 3.18. The Morgan fingerprint density at radius 2 is 1.76 bits per heavy atom. The molecule has 0 bridgehead atoms. The molecule has 1 aliphatic heterocycles. The van der Waals surface area contributed by atoms with Crippen molar-refractivity contribution in [1.82, 2.24) is 0 Å². The van der Waals surface area contributed by atoms with Crippen molar-refractivity contribution in [3.05, 3.63) is 11.6 Å². The molecular weight excluding hydrogens is 516 g/mol. The van der Waals surface area contributed by atoms with Crippen LogP contribution in [0.1, 0.15) is 72.6 Å². The maximum Gasteiger partial charge on any atom is 0.397 e. The smallest absolute Gasteiger partial charge is 0.393 e. The monoisotopic (exact) mass is 560 g/mol. The summed E-state index contributed by atoms with van der Waals surface area (Å²) in [5.74, 6) is 0.562. The van der Waals surface area contributed by atoms with Crippen LogP contribution >= 0.6 is 0 Å². The van der Waals surface area contributed by atoms with Crippen molar-refractivity contribution < 1.29 is 47.1 Å². The van der Waals surface area contributed by atoms with Crippen molar-refractivity contribution in [2.75, 3.05) is 0 Å². The van der Waals surface area contributed by atoms with Gasteiger partial charge in [-0.05, 0) is 93.3 Å². The molecule has 11 heteroatoms. The molecule has 38 heavy (non-hydrogen) atoms. The number of hydrogen-bond donors (Lipinski definition) is 5. The largest absolute Gasteiger partial charge is 0.397 e. The fourth-order valence-corrected chi connectivity index (χ4v) is 9.56. The Bertz CT molecular complexity index is 1030. The Morgan fingerprint density at radius 1 is 1.05 bits per heavy atom. The van der Waals surface area contributed by atoms with E-state index in [1.165, 1.54) is 5.57 Å². The lowest BCUT2D eigenvalue weighted by Gasteiger charge is -2.59. The third kappa shape index (κ3) is 4.79. The van der Waals surface area contributed by atoms with Gasteiger partial charge in [-0.2, -0.15) is 8.42 Å². The minimum Gasteiger partial charge on any atom is -0.393 e. The maximum atomic E-state index is 11.5. The van der Waals surface area contributed by atoms with Crippen molar-refractivity contribution in [2.24, 2.45) is 34.5 Å². The van der Waals surface area contributed by atoms with Gasteiger partial charge in [0.2, 0.25) is 0 Å². The maximum absolute atomic E-state index is 11.5. The highest BCUT2D eigenvalue weighted by atomic mass is 32.3. The molecule has 3 saturated carbocycles. The molecule has 14 atom stereocenters. The molecule has 4 aliphatic carbocycles. The van der Waals surface area contributed by atoms with Gasteiger partial charge < -0.3 is 29.9 Å². The highest BCUT2D eigenvalue weighted by Gasteiger charge is 2.61. The summed E-state index contributed by atoms with van der Waals surface area (Å²) in [7, 11) is -4.62. The molecule has 1 saturated heterocycles. The molecule has 5 aliphatic rings. The summed E-state index contributed by atoms with van der Waals surface area (Å²) in [5, 5.41) is 41.8. The van der Waals surface area contributed by atoms with Crippen LogP contribution in [-0.4, -0.2) is 82.4 Å². The van der Waals surface area contributed by atoms with E-state index in [0.29, 0.717) is 31.6 Å². The fraction of sp³-hybridized carbons (Fsp3) is 0.926. The first kappa shape index (κ1) is 28.9. The van der Waals surface area contributed by atoms with Crippen molar-refractivity contribution in [3.8, 4) is 0 Å². The van der Waals surface area contributed by atoms with Gasteiger partial charge in [0.05, 0.1) is 24.4 Å². The van der Waals surface area contributed by atoms with Crippen LogP contribution in [0.15, 0.2) is 11.6 Å². The van der Waals surface area contributed by atoms with E-state index in [0.717, 1.165) is 19.3 Å². The van der Waals surface area contributed by atoms with Crippen LogP contribution in [0.3, 0.4) is 0 Å². The van der Waals surface area contributed by atoms with E-state index >= 15 is 0 Å². The van der Waals surface area contributed by atoms with E-state index < -0.39 is 59.4 Å². The SMILES string of the molecule is C[C@@H](O)[C@H]1CCC2C3C[C@H](O[C@@H]4O[C@H](C)[C@@H](O)[C@H](O)[C@H]4O)C4C[C@@H](OS(=O)(=O)O)CC[C@]4(C)C3=CC[C@@]21C. The molecule has 3 unspecified atom stereocenters. The van der Waals surface area contributed by atoms with Gasteiger partial charge in [-0.25, -0.2) is 4.18 Å². The van der Waals surface area contributed by atoms with Gasteiger partial charge in [-0.3, -0.25) is 4.55 Å². The number of hydrogen-bond acceptors (Lipinski definition) is 9. The predicted octanol–water partition coefficient (Wildman–Crippen LogP) is 1.96. The molecule has 0 amide bonds. The van der Waals surface area contributed by atoms with Gasteiger partial charge in [0.25, 0.3) is 0 Å². The van der Waals surface area contributed by atoms with E-state index in [9.17, 15) is 33.4 Å². The molecular formula is C27H44O10S. The summed E-state index contributed by atoms with van der Waals surface area (Å²) in [4.78, 5) is 0. The van der Waals surface area contributed by atoms with E-state index in [2.05, 4.69) is 19.9 Å². The highest BCUT2D eigenvalue weighted by molar-refractivity contribution is 7.80. The molecule has 5 rings (SSSR count). The van der Waals surface area contributed by atoms with Gasteiger partial charge in [0, 0.05) is 0 Å². The molecule has 0 radical (unpaired) electrons. The lowest BCUT2D eigenvalue weighted by molar-refractivity contribution is -0.315. The van der Waals surface area contributed by atoms with Crippen LogP contribution in [0.4, 0.5) is 0 Å².